The van der Waals surface area contributed by atoms with E-state index in [2.05, 4.69) is 0 Å². The molecule has 2 amide bonds. The lowest BCUT2D eigenvalue weighted by atomic mass is 10.1. The predicted octanol–water partition coefficient (Wildman–Crippen LogP) is 1.05. The average Bonchev–Trinajstić information content (AvgIpc) is 3.10. The van der Waals surface area contributed by atoms with Gasteiger partial charge in [-0.2, -0.15) is 0 Å². The van der Waals surface area contributed by atoms with Crippen molar-refractivity contribution in [1.82, 2.24) is 4.90 Å². The molecular formula is C16H20N2O4S. The number of fused-ring (bicyclic) bond motifs is 2. The molecule has 1 atom stereocenters. The van der Waals surface area contributed by atoms with E-state index in [9.17, 15) is 9.59 Å². The zero-order valence-corrected chi connectivity index (χ0v) is 14.1. The van der Waals surface area contributed by atoms with Gasteiger partial charge < -0.3 is 19.3 Å². The highest BCUT2D eigenvalue weighted by molar-refractivity contribution is 8.01. The Bertz CT molecular complexity index is 624. The predicted molar refractivity (Wildman–Crippen MR) is 88.4 cm³/mol. The van der Waals surface area contributed by atoms with E-state index in [1.807, 2.05) is 24.3 Å². The lowest BCUT2D eigenvalue weighted by Gasteiger charge is -2.33. The molecule has 3 rings (SSSR count). The van der Waals surface area contributed by atoms with Crippen LogP contribution >= 0.6 is 11.8 Å². The molecule has 1 spiro atoms. The van der Waals surface area contributed by atoms with Gasteiger partial charge in [0.1, 0.15) is 6.61 Å². The van der Waals surface area contributed by atoms with Crippen LogP contribution in [0.5, 0.6) is 0 Å². The van der Waals surface area contributed by atoms with Gasteiger partial charge in [-0.15, -0.1) is 11.8 Å². The third-order valence-corrected chi connectivity index (χ3v) is 5.61. The van der Waals surface area contributed by atoms with Gasteiger partial charge in [0.05, 0.1) is 12.3 Å². The minimum absolute atomic E-state index is 0.0180. The quantitative estimate of drug-likeness (QED) is 0.804. The lowest BCUT2D eigenvalue weighted by Crippen LogP contribution is -2.51. The molecule has 0 bridgehead atoms. The Morgan fingerprint density at radius 3 is 2.83 bits per heavy atom. The Kier molecular flexibility index (Phi) is 4.61. The second kappa shape index (κ2) is 6.51. The van der Waals surface area contributed by atoms with Crippen LogP contribution in [-0.2, 0) is 23.9 Å². The van der Waals surface area contributed by atoms with Crippen molar-refractivity contribution in [1.29, 1.82) is 0 Å². The highest BCUT2D eigenvalue weighted by Gasteiger charge is 2.59. The fraction of sp³-hybridized carbons (Fsp3) is 0.500. The molecule has 7 heteroatoms. The van der Waals surface area contributed by atoms with Gasteiger partial charge in [0.2, 0.25) is 5.91 Å². The minimum Gasteiger partial charge on any atom is -0.383 e. The smallest absolute Gasteiger partial charge is 0.268 e. The number of thioether (sulfide) groups is 1. The molecule has 1 aromatic carbocycles. The Hall–Kier alpha value is -1.57. The van der Waals surface area contributed by atoms with Crippen molar-refractivity contribution in [2.75, 3.05) is 51.2 Å². The summed E-state index contributed by atoms with van der Waals surface area (Å²) in [6, 6.07) is 7.68. The molecule has 0 saturated carbocycles. The fourth-order valence-electron chi connectivity index (χ4n) is 3.23. The van der Waals surface area contributed by atoms with Crippen molar-refractivity contribution in [3.05, 3.63) is 29.8 Å². The molecule has 6 nitrogen and oxygen atoms in total. The highest BCUT2D eigenvalue weighted by atomic mass is 32.2. The van der Waals surface area contributed by atoms with E-state index in [1.165, 1.54) is 18.9 Å². The Labute approximate surface area is 139 Å². The van der Waals surface area contributed by atoms with E-state index in [-0.39, 0.29) is 18.4 Å². The van der Waals surface area contributed by atoms with Crippen LogP contribution < -0.4 is 4.90 Å². The first kappa shape index (κ1) is 16.3. The summed E-state index contributed by atoms with van der Waals surface area (Å²) >= 11 is 1.52. The van der Waals surface area contributed by atoms with E-state index in [0.29, 0.717) is 19.7 Å². The zero-order valence-electron chi connectivity index (χ0n) is 13.3. The topological polar surface area (TPSA) is 59.1 Å². The summed E-state index contributed by atoms with van der Waals surface area (Å²) < 4.78 is 10.1. The number of hydrogen-bond donors (Lipinski definition) is 0. The summed E-state index contributed by atoms with van der Waals surface area (Å²) in [5.74, 6) is 0.505. The van der Waals surface area contributed by atoms with Crippen molar-refractivity contribution in [3.8, 4) is 0 Å². The van der Waals surface area contributed by atoms with Crippen LogP contribution in [0.1, 0.15) is 5.56 Å². The summed E-state index contributed by atoms with van der Waals surface area (Å²) in [5.41, 5.74) is 1.74. The number of hydrogen-bond acceptors (Lipinski definition) is 5. The van der Waals surface area contributed by atoms with Crippen molar-refractivity contribution in [3.63, 3.8) is 0 Å². The second-order valence-electron chi connectivity index (χ2n) is 5.44. The molecule has 1 fully saturated rings. The third kappa shape index (κ3) is 2.43. The molecule has 23 heavy (non-hydrogen) atoms. The van der Waals surface area contributed by atoms with E-state index in [4.69, 9.17) is 9.47 Å². The normalized spacial score (nSPS) is 23.0. The number of carbonyl (C=O) groups is 2. The number of anilines is 1. The zero-order chi connectivity index (χ0) is 16.4. The lowest BCUT2D eigenvalue weighted by molar-refractivity contribution is -0.143. The third-order valence-electron chi connectivity index (χ3n) is 4.19. The summed E-state index contributed by atoms with van der Waals surface area (Å²) in [6.07, 6.45) is 0. The molecule has 1 aromatic rings. The maximum absolute atomic E-state index is 13.2. The van der Waals surface area contributed by atoms with Crippen LogP contribution in [0.2, 0.25) is 0 Å². The standard InChI is InChI=1S/C16H20N2O4S/c1-21-9-7-17-13-6-4-3-5-12(13)16(15(17)20)18(8-10-23-16)14(19)11-22-2/h3-6H,7-11H2,1-2H3. The number of methoxy groups -OCH3 is 2. The number of benzene rings is 1. The minimum atomic E-state index is -0.958. The molecule has 0 aromatic heterocycles. The maximum atomic E-state index is 13.2. The van der Waals surface area contributed by atoms with Crippen LogP contribution in [-0.4, -0.2) is 63.0 Å². The van der Waals surface area contributed by atoms with E-state index < -0.39 is 4.87 Å². The van der Waals surface area contributed by atoms with Gasteiger partial charge in [-0.05, 0) is 6.07 Å². The number of amides is 2. The van der Waals surface area contributed by atoms with Gasteiger partial charge in [-0.3, -0.25) is 9.59 Å². The number of carbonyl (C=O) groups excluding carboxylic acids is 2. The number of rotatable bonds is 5. The molecule has 1 saturated heterocycles. The van der Waals surface area contributed by atoms with Gasteiger partial charge in [-0.25, -0.2) is 0 Å². The maximum Gasteiger partial charge on any atom is 0.268 e. The van der Waals surface area contributed by atoms with Crippen molar-refractivity contribution in [2.24, 2.45) is 0 Å². The highest BCUT2D eigenvalue weighted by Crippen LogP contribution is 2.53. The Balaban J connectivity index is 2.04. The molecule has 0 radical (unpaired) electrons. The summed E-state index contributed by atoms with van der Waals surface area (Å²) in [6.45, 7) is 1.45. The van der Waals surface area contributed by atoms with Crippen molar-refractivity contribution >= 4 is 29.3 Å². The summed E-state index contributed by atoms with van der Waals surface area (Å²) in [4.78, 5) is 28.1. The van der Waals surface area contributed by atoms with Crippen LogP contribution in [0.3, 0.4) is 0 Å². The van der Waals surface area contributed by atoms with Gasteiger partial charge in [0.25, 0.3) is 5.91 Å². The van der Waals surface area contributed by atoms with E-state index in [0.717, 1.165) is 17.0 Å². The molecular weight excluding hydrogens is 316 g/mol. The molecule has 2 aliphatic heterocycles. The first-order chi connectivity index (χ1) is 11.2. The van der Waals surface area contributed by atoms with Gasteiger partial charge in [-0.1, -0.05) is 18.2 Å². The molecule has 2 heterocycles. The van der Waals surface area contributed by atoms with Gasteiger partial charge >= 0.3 is 0 Å². The van der Waals surface area contributed by atoms with Crippen LogP contribution in [0, 0.1) is 0 Å². The van der Waals surface area contributed by atoms with Crippen molar-refractivity contribution < 1.29 is 19.1 Å². The Morgan fingerprint density at radius 1 is 1.30 bits per heavy atom. The summed E-state index contributed by atoms with van der Waals surface area (Å²) in [5, 5.41) is 0. The summed E-state index contributed by atoms with van der Waals surface area (Å²) in [7, 11) is 3.10. The monoisotopic (exact) mass is 336 g/mol. The Morgan fingerprint density at radius 2 is 2.09 bits per heavy atom. The van der Waals surface area contributed by atoms with E-state index in [1.54, 1.807) is 16.9 Å². The first-order valence-electron chi connectivity index (χ1n) is 7.50. The number of ether oxygens (including phenoxy) is 2. The SMILES string of the molecule is COCCN1C(=O)C2(SCCN2C(=O)COC)c2ccccc21. The van der Waals surface area contributed by atoms with Gasteiger partial charge in [0.15, 0.2) is 4.87 Å². The fourth-order valence-corrected chi connectivity index (χ4v) is 4.71. The second-order valence-corrected chi connectivity index (χ2v) is 6.73. The number of nitrogens with zero attached hydrogens (tertiary/aromatic N) is 2. The van der Waals surface area contributed by atoms with Crippen LogP contribution in [0.25, 0.3) is 0 Å². The largest absolute Gasteiger partial charge is 0.383 e. The average molecular weight is 336 g/mol. The van der Waals surface area contributed by atoms with Gasteiger partial charge in [0, 0.05) is 38.6 Å². The first-order valence-corrected chi connectivity index (χ1v) is 8.49. The van der Waals surface area contributed by atoms with Crippen LogP contribution in [0.4, 0.5) is 5.69 Å². The van der Waals surface area contributed by atoms with Crippen molar-refractivity contribution in [2.45, 2.75) is 4.87 Å². The molecule has 1 unspecified atom stereocenters. The van der Waals surface area contributed by atoms with Crippen LogP contribution in [0.15, 0.2) is 24.3 Å². The molecule has 0 aliphatic carbocycles. The number of para-hydroxylation sites is 1. The molecule has 0 N–H and O–H groups in total. The molecule has 2 aliphatic rings. The molecule has 124 valence electrons. The van der Waals surface area contributed by atoms with E-state index >= 15 is 0 Å².